The lowest BCUT2D eigenvalue weighted by atomic mass is 10.4. The van der Waals surface area contributed by atoms with Crippen LogP contribution in [-0.2, 0) is 11.3 Å². The summed E-state index contributed by atoms with van der Waals surface area (Å²) in [6.07, 6.45) is 1.61. The van der Waals surface area contributed by atoms with Crippen LogP contribution in [0, 0.1) is 0 Å². The number of hydrogen-bond acceptors (Lipinski definition) is 4. The number of furan rings is 1. The average molecular weight is 242 g/mol. The average Bonchev–Trinajstić information content (AvgIpc) is 2.77. The van der Waals surface area contributed by atoms with Crippen molar-refractivity contribution < 1.29 is 9.21 Å². The van der Waals surface area contributed by atoms with Gasteiger partial charge in [-0.15, -0.1) is 11.8 Å². The van der Waals surface area contributed by atoms with Gasteiger partial charge in [0.2, 0.25) is 5.91 Å². The summed E-state index contributed by atoms with van der Waals surface area (Å²) in [6, 6.07) is 3.68. The summed E-state index contributed by atoms with van der Waals surface area (Å²) in [5, 5.41) is 0.320. The summed E-state index contributed by atoms with van der Waals surface area (Å²) in [5.74, 6) is 1.37. The number of nitrogens with two attached hydrogens (primary N) is 1. The van der Waals surface area contributed by atoms with Gasteiger partial charge >= 0.3 is 0 Å². The molecule has 1 rings (SSSR count). The van der Waals surface area contributed by atoms with E-state index in [2.05, 4.69) is 0 Å². The topological polar surface area (TPSA) is 59.5 Å². The van der Waals surface area contributed by atoms with E-state index in [-0.39, 0.29) is 5.91 Å². The minimum Gasteiger partial charge on any atom is -0.467 e. The fourth-order valence-electron chi connectivity index (χ4n) is 1.12. The Labute approximate surface area is 100 Å². The van der Waals surface area contributed by atoms with Crippen LogP contribution in [0.3, 0.4) is 0 Å². The van der Waals surface area contributed by atoms with Crippen molar-refractivity contribution in [2.24, 2.45) is 5.73 Å². The van der Waals surface area contributed by atoms with Gasteiger partial charge in [0.15, 0.2) is 0 Å². The summed E-state index contributed by atoms with van der Waals surface area (Å²) in [5.41, 5.74) is 5.48. The van der Waals surface area contributed by atoms with Gasteiger partial charge in [0, 0.05) is 18.8 Å². The molecular formula is C11H18N2O2S. The maximum Gasteiger partial charge on any atom is 0.232 e. The van der Waals surface area contributed by atoms with Gasteiger partial charge in [-0.1, -0.05) is 6.92 Å². The molecule has 1 unspecified atom stereocenters. The highest BCUT2D eigenvalue weighted by atomic mass is 32.2. The first-order chi connectivity index (χ1) is 7.63. The zero-order chi connectivity index (χ0) is 12.0. The van der Waals surface area contributed by atoms with Gasteiger partial charge in [-0.3, -0.25) is 4.79 Å². The molecule has 0 aliphatic carbocycles. The first-order valence-corrected chi connectivity index (χ1v) is 6.26. The lowest BCUT2D eigenvalue weighted by Crippen LogP contribution is -2.28. The normalized spacial score (nSPS) is 12.4. The van der Waals surface area contributed by atoms with Gasteiger partial charge < -0.3 is 15.1 Å². The molecule has 16 heavy (non-hydrogen) atoms. The molecule has 4 nitrogen and oxygen atoms in total. The van der Waals surface area contributed by atoms with E-state index in [1.54, 1.807) is 30.0 Å². The Bertz CT molecular complexity index is 314. The maximum atomic E-state index is 11.7. The summed E-state index contributed by atoms with van der Waals surface area (Å²) in [7, 11) is 1.78. The molecule has 0 saturated carbocycles. The lowest BCUT2D eigenvalue weighted by Gasteiger charge is -2.16. The Kier molecular flexibility index (Phi) is 5.42. The molecule has 0 aliphatic rings. The van der Waals surface area contributed by atoms with Crippen molar-refractivity contribution >= 4 is 17.7 Å². The minimum atomic E-state index is 0.0988. The first kappa shape index (κ1) is 13.1. The number of thioether (sulfide) groups is 1. The second kappa shape index (κ2) is 6.60. The van der Waals surface area contributed by atoms with E-state index in [1.807, 2.05) is 19.1 Å². The van der Waals surface area contributed by atoms with Crippen LogP contribution in [-0.4, -0.2) is 35.4 Å². The van der Waals surface area contributed by atoms with Crippen LogP contribution in [0.2, 0.25) is 0 Å². The molecule has 1 amide bonds. The molecule has 0 aromatic carbocycles. The summed E-state index contributed by atoms with van der Waals surface area (Å²) in [6.45, 7) is 3.13. The fourth-order valence-corrected chi connectivity index (χ4v) is 1.90. The third-order valence-electron chi connectivity index (χ3n) is 2.22. The van der Waals surface area contributed by atoms with E-state index < -0.39 is 0 Å². The number of carbonyl (C=O) groups is 1. The highest BCUT2D eigenvalue weighted by Gasteiger charge is 2.12. The van der Waals surface area contributed by atoms with Crippen LogP contribution in [0.5, 0.6) is 0 Å². The Morgan fingerprint density at radius 2 is 2.44 bits per heavy atom. The summed E-state index contributed by atoms with van der Waals surface area (Å²) in [4.78, 5) is 13.4. The highest BCUT2D eigenvalue weighted by molar-refractivity contribution is 8.00. The Morgan fingerprint density at radius 1 is 1.69 bits per heavy atom. The van der Waals surface area contributed by atoms with Crippen LogP contribution in [0.4, 0.5) is 0 Å². The molecule has 0 aliphatic heterocycles. The highest BCUT2D eigenvalue weighted by Crippen LogP contribution is 2.11. The van der Waals surface area contributed by atoms with Crippen LogP contribution in [0.25, 0.3) is 0 Å². The Balaban J connectivity index is 2.31. The van der Waals surface area contributed by atoms with Gasteiger partial charge in [-0.25, -0.2) is 0 Å². The first-order valence-electron chi connectivity index (χ1n) is 5.21. The quantitative estimate of drug-likeness (QED) is 0.817. The molecule has 1 aromatic rings. The number of nitrogens with zero attached hydrogens (tertiary/aromatic N) is 1. The van der Waals surface area contributed by atoms with E-state index in [0.717, 1.165) is 5.76 Å². The molecular weight excluding hydrogens is 224 g/mol. The molecule has 0 spiro atoms. The van der Waals surface area contributed by atoms with E-state index in [9.17, 15) is 4.79 Å². The van der Waals surface area contributed by atoms with Crippen LogP contribution in [0.1, 0.15) is 12.7 Å². The van der Waals surface area contributed by atoms with Crippen LogP contribution >= 0.6 is 11.8 Å². The van der Waals surface area contributed by atoms with E-state index in [0.29, 0.717) is 24.1 Å². The van der Waals surface area contributed by atoms with Gasteiger partial charge in [-0.2, -0.15) is 0 Å². The van der Waals surface area contributed by atoms with E-state index >= 15 is 0 Å². The van der Waals surface area contributed by atoms with Crippen molar-refractivity contribution in [2.45, 2.75) is 18.7 Å². The SMILES string of the molecule is CC(CN)SCC(=O)N(C)Cc1ccco1. The van der Waals surface area contributed by atoms with Crippen molar-refractivity contribution in [3.63, 3.8) is 0 Å². The largest absolute Gasteiger partial charge is 0.467 e. The smallest absolute Gasteiger partial charge is 0.232 e. The van der Waals surface area contributed by atoms with E-state index in [4.69, 9.17) is 10.2 Å². The Hall–Kier alpha value is -0.940. The van der Waals surface area contributed by atoms with Crippen molar-refractivity contribution in [2.75, 3.05) is 19.3 Å². The maximum absolute atomic E-state index is 11.7. The standard InChI is InChI=1S/C11H18N2O2S/c1-9(6-12)16-8-11(14)13(2)7-10-4-3-5-15-10/h3-5,9H,6-8,12H2,1-2H3. The molecule has 0 saturated heterocycles. The molecule has 1 heterocycles. The second-order valence-corrected chi connectivity index (χ2v) is 5.11. The summed E-state index contributed by atoms with van der Waals surface area (Å²) < 4.78 is 5.18. The predicted molar refractivity (Wildman–Crippen MR) is 66.2 cm³/mol. The Morgan fingerprint density at radius 3 is 3.00 bits per heavy atom. The van der Waals surface area contributed by atoms with Crippen LogP contribution < -0.4 is 5.73 Å². The van der Waals surface area contributed by atoms with Crippen molar-refractivity contribution in [1.82, 2.24) is 4.90 Å². The molecule has 0 fully saturated rings. The molecule has 1 aromatic heterocycles. The van der Waals surface area contributed by atoms with Crippen molar-refractivity contribution in [1.29, 1.82) is 0 Å². The van der Waals surface area contributed by atoms with E-state index in [1.165, 1.54) is 0 Å². The second-order valence-electron chi connectivity index (χ2n) is 3.69. The molecule has 2 N–H and O–H groups in total. The van der Waals surface area contributed by atoms with Gasteiger partial charge in [0.05, 0.1) is 18.6 Å². The number of hydrogen-bond donors (Lipinski definition) is 1. The molecule has 0 bridgehead atoms. The van der Waals surface area contributed by atoms with Gasteiger partial charge in [-0.05, 0) is 12.1 Å². The minimum absolute atomic E-state index is 0.0988. The van der Waals surface area contributed by atoms with Gasteiger partial charge in [0.1, 0.15) is 5.76 Å². The summed E-state index contributed by atoms with van der Waals surface area (Å²) >= 11 is 1.58. The molecule has 1 atom stereocenters. The molecule has 0 radical (unpaired) electrons. The van der Waals surface area contributed by atoms with Crippen molar-refractivity contribution in [3.05, 3.63) is 24.2 Å². The number of amides is 1. The zero-order valence-corrected chi connectivity index (χ0v) is 10.5. The number of carbonyl (C=O) groups excluding carboxylic acids is 1. The van der Waals surface area contributed by atoms with Crippen LogP contribution in [0.15, 0.2) is 22.8 Å². The van der Waals surface area contributed by atoms with Gasteiger partial charge in [0.25, 0.3) is 0 Å². The lowest BCUT2D eigenvalue weighted by molar-refractivity contribution is -0.127. The third-order valence-corrected chi connectivity index (χ3v) is 3.40. The third kappa shape index (κ3) is 4.28. The van der Waals surface area contributed by atoms with Crippen molar-refractivity contribution in [3.8, 4) is 0 Å². The fraction of sp³-hybridized carbons (Fsp3) is 0.545. The number of rotatable bonds is 6. The molecule has 90 valence electrons. The molecule has 5 heteroatoms. The zero-order valence-electron chi connectivity index (χ0n) is 9.68. The monoisotopic (exact) mass is 242 g/mol. The predicted octanol–water partition coefficient (Wildman–Crippen LogP) is 1.32.